The molecule has 0 saturated heterocycles. The quantitative estimate of drug-likeness (QED) is 0.623. The summed E-state index contributed by atoms with van der Waals surface area (Å²) in [6.07, 6.45) is -1.08. The van der Waals surface area contributed by atoms with Crippen molar-refractivity contribution in [3.8, 4) is 6.07 Å². The van der Waals surface area contributed by atoms with Gasteiger partial charge in [0.15, 0.2) is 0 Å². The van der Waals surface area contributed by atoms with E-state index in [-0.39, 0.29) is 24.5 Å². The molecule has 3 aromatic rings. The van der Waals surface area contributed by atoms with Crippen molar-refractivity contribution in [1.29, 1.82) is 5.26 Å². The van der Waals surface area contributed by atoms with Crippen LogP contribution in [0.1, 0.15) is 52.9 Å². The van der Waals surface area contributed by atoms with E-state index >= 15 is 0 Å². The Morgan fingerprint density at radius 1 is 1.09 bits per heavy atom. The summed E-state index contributed by atoms with van der Waals surface area (Å²) in [6.45, 7) is 0.203. The van der Waals surface area contributed by atoms with Crippen molar-refractivity contribution in [3.05, 3.63) is 70.9 Å². The number of rotatable bonds is 4. The van der Waals surface area contributed by atoms with E-state index in [2.05, 4.69) is 11.4 Å². The summed E-state index contributed by atoms with van der Waals surface area (Å²) in [5.41, 5.74) is 7.38. The molecule has 2 aromatic carbocycles. The Kier molecular flexibility index (Phi) is 5.94. The van der Waals surface area contributed by atoms with E-state index in [9.17, 15) is 23.2 Å². The van der Waals surface area contributed by atoms with Gasteiger partial charge in [0.1, 0.15) is 5.69 Å². The molecule has 0 radical (unpaired) electrons. The van der Waals surface area contributed by atoms with Crippen LogP contribution < -0.4 is 11.1 Å². The second-order valence-electron chi connectivity index (χ2n) is 8.28. The number of halogens is 3. The number of alkyl halides is 3. The number of amides is 1. The molecule has 1 fully saturated rings. The molecule has 1 aliphatic carbocycles. The van der Waals surface area contributed by atoms with E-state index in [4.69, 9.17) is 5.73 Å². The number of nitriles is 1. The van der Waals surface area contributed by atoms with Crippen LogP contribution in [-0.4, -0.2) is 22.6 Å². The first-order valence-electron chi connectivity index (χ1n) is 10.5. The monoisotopic (exact) mass is 440 g/mol. The Morgan fingerprint density at radius 2 is 1.78 bits per heavy atom. The zero-order chi connectivity index (χ0) is 22.9. The van der Waals surface area contributed by atoms with Crippen molar-refractivity contribution < 1.29 is 18.0 Å². The molecular formula is C24H23F3N4O. The predicted octanol–water partition coefficient (Wildman–Crippen LogP) is 4.58. The lowest BCUT2D eigenvalue weighted by Crippen LogP contribution is -2.41. The van der Waals surface area contributed by atoms with Crippen LogP contribution in [0, 0.1) is 11.3 Å². The third-order valence-corrected chi connectivity index (χ3v) is 5.99. The van der Waals surface area contributed by atoms with Crippen molar-refractivity contribution in [2.75, 3.05) is 0 Å². The summed E-state index contributed by atoms with van der Waals surface area (Å²) < 4.78 is 40.5. The number of nitrogens with two attached hydrogens (primary N) is 1. The molecule has 8 heteroatoms. The third kappa shape index (κ3) is 4.63. The molecule has 166 valence electrons. The van der Waals surface area contributed by atoms with Gasteiger partial charge in [-0.05, 0) is 61.6 Å². The van der Waals surface area contributed by atoms with Crippen molar-refractivity contribution in [3.63, 3.8) is 0 Å². The molecule has 0 unspecified atom stereocenters. The van der Waals surface area contributed by atoms with E-state index < -0.39 is 11.7 Å². The highest BCUT2D eigenvalue weighted by Crippen LogP contribution is 2.30. The fourth-order valence-electron chi connectivity index (χ4n) is 4.19. The second-order valence-corrected chi connectivity index (χ2v) is 8.28. The molecule has 1 heterocycles. The minimum absolute atomic E-state index is 0.0366. The lowest BCUT2D eigenvalue weighted by Gasteiger charge is -2.27. The number of aromatic nitrogens is 1. The maximum atomic E-state index is 13.1. The third-order valence-electron chi connectivity index (χ3n) is 5.99. The number of nitrogens with zero attached hydrogens (tertiary/aromatic N) is 2. The van der Waals surface area contributed by atoms with Gasteiger partial charge in [-0.3, -0.25) is 4.79 Å². The summed E-state index contributed by atoms with van der Waals surface area (Å²) in [5.74, 6) is -0.243. The Bertz CT molecular complexity index is 1170. The summed E-state index contributed by atoms with van der Waals surface area (Å²) in [6, 6.07) is 14.1. The Labute approximate surface area is 183 Å². The number of carbonyl (C=O) groups is 1. The molecule has 1 saturated carbocycles. The predicted molar refractivity (Wildman–Crippen MR) is 115 cm³/mol. The molecule has 32 heavy (non-hydrogen) atoms. The summed E-state index contributed by atoms with van der Waals surface area (Å²) in [4.78, 5) is 13.1. The molecule has 4 rings (SSSR count). The molecule has 5 nitrogen and oxygen atoms in total. The maximum Gasteiger partial charge on any atom is 0.416 e. The lowest BCUT2D eigenvalue weighted by atomic mass is 9.92. The first-order chi connectivity index (χ1) is 15.2. The second kappa shape index (κ2) is 8.67. The maximum absolute atomic E-state index is 13.1. The van der Waals surface area contributed by atoms with Crippen LogP contribution in [0.2, 0.25) is 0 Å². The minimum Gasteiger partial charge on any atom is -0.348 e. The topological polar surface area (TPSA) is 83.8 Å². The molecule has 0 spiro atoms. The van der Waals surface area contributed by atoms with Crippen LogP contribution in [-0.2, 0) is 12.7 Å². The molecule has 1 aromatic heterocycles. The Balaban J connectivity index is 1.67. The number of hydrogen-bond donors (Lipinski definition) is 2. The summed E-state index contributed by atoms with van der Waals surface area (Å²) in [7, 11) is 0. The van der Waals surface area contributed by atoms with Crippen molar-refractivity contribution in [2.24, 2.45) is 5.73 Å². The number of hydrogen-bond acceptors (Lipinski definition) is 3. The standard InChI is InChI=1S/C24H23F3N4O/c25-24(26,27)18-5-2-15(3-6-18)14-31-21-11-16(13-28)1-4-17(21)12-22(31)23(32)30-20-9-7-19(29)8-10-20/h1-6,11-12,19-20H,7-10,14,29H2,(H,30,32). The van der Waals surface area contributed by atoms with E-state index in [1.165, 1.54) is 12.1 Å². The van der Waals surface area contributed by atoms with Gasteiger partial charge in [0.05, 0.1) is 22.7 Å². The number of fused-ring (bicyclic) bond motifs is 1. The smallest absolute Gasteiger partial charge is 0.348 e. The molecular weight excluding hydrogens is 417 g/mol. The average molecular weight is 440 g/mol. The van der Waals surface area contributed by atoms with Gasteiger partial charge in [0.25, 0.3) is 5.91 Å². The van der Waals surface area contributed by atoms with E-state index in [0.717, 1.165) is 43.2 Å². The molecule has 3 N–H and O–H groups in total. The molecule has 0 aliphatic heterocycles. The highest BCUT2D eigenvalue weighted by molar-refractivity contribution is 5.99. The van der Waals surface area contributed by atoms with Crippen LogP contribution in [0.3, 0.4) is 0 Å². The molecule has 0 bridgehead atoms. The van der Waals surface area contributed by atoms with Gasteiger partial charge in [0, 0.05) is 24.0 Å². The molecule has 1 aliphatic rings. The van der Waals surface area contributed by atoms with Crippen LogP contribution in [0.4, 0.5) is 13.2 Å². The first kappa shape index (κ1) is 21.9. The van der Waals surface area contributed by atoms with Gasteiger partial charge in [-0.2, -0.15) is 18.4 Å². The van der Waals surface area contributed by atoms with Gasteiger partial charge in [-0.25, -0.2) is 0 Å². The summed E-state index contributed by atoms with van der Waals surface area (Å²) >= 11 is 0. The SMILES string of the molecule is N#Cc1ccc2cc(C(=O)NC3CCC(N)CC3)n(Cc3ccc(C(F)(F)F)cc3)c2c1. The van der Waals surface area contributed by atoms with Crippen molar-refractivity contribution >= 4 is 16.8 Å². The Hall–Kier alpha value is -3.31. The normalized spacial score (nSPS) is 19.0. The van der Waals surface area contributed by atoms with Gasteiger partial charge in [0.2, 0.25) is 0 Å². The molecule has 1 amide bonds. The van der Waals surface area contributed by atoms with Crippen LogP contribution in [0.5, 0.6) is 0 Å². The van der Waals surface area contributed by atoms with E-state index in [1.807, 2.05) is 0 Å². The van der Waals surface area contributed by atoms with Crippen molar-refractivity contribution in [2.45, 2.75) is 50.5 Å². The Morgan fingerprint density at radius 3 is 2.41 bits per heavy atom. The zero-order valence-corrected chi connectivity index (χ0v) is 17.3. The van der Waals surface area contributed by atoms with Gasteiger partial charge < -0.3 is 15.6 Å². The number of nitrogens with one attached hydrogen (secondary N) is 1. The fraction of sp³-hybridized carbons (Fsp3) is 0.333. The van der Waals surface area contributed by atoms with Gasteiger partial charge in [-0.15, -0.1) is 0 Å². The summed E-state index contributed by atoms with van der Waals surface area (Å²) in [5, 5.41) is 13.1. The number of carbonyl (C=O) groups excluding carboxylic acids is 1. The highest BCUT2D eigenvalue weighted by atomic mass is 19.4. The molecule has 0 atom stereocenters. The average Bonchev–Trinajstić information content (AvgIpc) is 3.12. The highest BCUT2D eigenvalue weighted by Gasteiger charge is 2.30. The zero-order valence-electron chi connectivity index (χ0n) is 17.3. The fourth-order valence-corrected chi connectivity index (χ4v) is 4.19. The minimum atomic E-state index is -4.41. The van der Waals surface area contributed by atoms with Crippen LogP contribution in [0.25, 0.3) is 10.9 Å². The van der Waals surface area contributed by atoms with E-state index in [1.54, 1.807) is 28.8 Å². The van der Waals surface area contributed by atoms with Gasteiger partial charge in [-0.1, -0.05) is 18.2 Å². The largest absolute Gasteiger partial charge is 0.416 e. The van der Waals surface area contributed by atoms with E-state index in [0.29, 0.717) is 22.3 Å². The van der Waals surface area contributed by atoms with Gasteiger partial charge >= 0.3 is 6.18 Å². The van der Waals surface area contributed by atoms with Crippen molar-refractivity contribution in [1.82, 2.24) is 9.88 Å². The van der Waals surface area contributed by atoms with Crippen LogP contribution >= 0.6 is 0 Å². The number of benzene rings is 2. The lowest BCUT2D eigenvalue weighted by molar-refractivity contribution is -0.137. The first-order valence-corrected chi connectivity index (χ1v) is 10.5. The van der Waals surface area contributed by atoms with Crippen LogP contribution in [0.15, 0.2) is 48.5 Å².